The number of hydrogen-bond acceptors (Lipinski definition) is 1. The topological polar surface area (TPSA) is 9.23 Å². The van der Waals surface area contributed by atoms with Crippen LogP contribution in [0.5, 0.6) is 11.5 Å². The van der Waals surface area contributed by atoms with Gasteiger partial charge in [-0.25, -0.2) is 0 Å². The molecule has 0 unspecified atom stereocenters. The van der Waals surface area contributed by atoms with E-state index in [9.17, 15) is 0 Å². The Morgan fingerprint density at radius 3 is 1.53 bits per heavy atom. The lowest BCUT2D eigenvalue weighted by Gasteiger charge is -2.23. The number of rotatable bonds is 4. The largest absolute Gasteiger partial charge is 0.456 e. The molecule has 0 bridgehead atoms. The molecule has 0 amide bonds. The summed E-state index contributed by atoms with van der Waals surface area (Å²) in [5, 5.41) is 7.33. The Kier molecular flexibility index (Phi) is 6.25. The molecule has 9 aromatic rings. The maximum absolute atomic E-state index is 6.48. The lowest BCUT2D eigenvalue weighted by Crippen LogP contribution is -1.98. The molecule has 10 rings (SSSR count). The van der Waals surface area contributed by atoms with E-state index >= 15 is 0 Å². The molecule has 0 aliphatic carbocycles. The van der Waals surface area contributed by atoms with Crippen molar-refractivity contribution in [1.29, 1.82) is 0 Å². The van der Waals surface area contributed by atoms with Crippen molar-refractivity contribution in [3.05, 3.63) is 182 Å². The second kappa shape index (κ2) is 11.1. The van der Waals surface area contributed by atoms with Crippen LogP contribution in [0.25, 0.3) is 88.0 Å². The zero-order valence-electron chi connectivity index (χ0n) is 26.7. The molecule has 0 atom stereocenters. The quantitative estimate of drug-likeness (QED) is 0.177. The van der Waals surface area contributed by atoms with Gasteiger partial charge < -0.3 is 4.74 Å². The first-order valence-electron chi connectivity index (χ1n) is 16.8. The Balaban J connectivity index is 1.19. The zero-order valence-corrected chi connectivity index (χ0v) is 26.7. The van der Waals surface area contributed by atoms with Crippen molar-refractivity contribution in [1.82, 2.24) is 0 Å². The summed E-state index contributed by atoms with van der Waals surface area (Å²) in [7, 11) is 0. The highest BCUT2D eigenvalue weighted by molar-refractivity contribution is 6.22. The zero-order chi connectivity index (χ0) is 32.3. The SMILES string of the molecule is c1ccc(-c2ccc(-c3ccccc3-c3c4ccccc4c(-c4ccc5c(c4)-c4cccc6cccc(c46)O5)c4ccccc34)cc2)cc1. The normalized spacial score (nSPS) is 11.8. The van der Waals surface area contributed by atoms with Crippen molar-refractivity contribution in [3.8, 4) is 67.1 Å². The standard InChI is InChI=1S/C48H30O/c1-2-12-31(13-3-1)32-24-26-33(27-25-32)36-16-4-5-17-37(36)48-40-20-8-6-18-38(40)46(39-19-7-9-21-41(39)48)35-28-29-44-43(30-35)42-22-10-14-34-15-11-23-45(49-44)47(34)42/h1-30H. The molecule has 0 saturated heterocycles. The first-order chi connectivity index (χ1) is 24.3. The lowest BCUT2D eigenvalue weighted by atomic mass is 9.83. The summed E-state index contributed by atoms with van der Waals surface area (Å²) in [4.78, 5) is 0. The third kappa shape index (κ3) is 4.40. The fraction of sp³-hybridized carbons (Fsp3) is 0. The van der Waals surface area contributed by atoms with Crippen molar-refractivity contribution < 1.29 is 4.74 Å². The van der Waals surface area contributed by atoms with Crippen LogP contribution in [0.1, 0.15) is 0 Å². The predicted molar refractivity (Wildman–Crippen MR) is 206 cm³/mol. The lowest BCUT2D eigenvalue weighted by molar-refractivity contribution is 0.487. The molecule has 9 aromatic carbocycles. The van der Waals surface area contributed by atoms with Gasteiger partial charge in [-0.1, -0.05) is 164 Å². The van der Waals surface area contributed by atoms with Gasteiger partial charge in [0.2, 0.25) is 0 Å². The summed E-state index contributed by atoms with van der Waals surface area (Å²) in [6, 6.07) is 65.7. The smallest absolute Gasteiger partial charge is 0.135 e. The van der Waals surface area contributed by atoms with Gasteiger partial charge in [-0.15, -0.1) is 0 Å². The Labute approximate surface area is 285 Å². The van der Waals surface area contributed by atoms with E-state index in [4.69, 9.17) is 4.74 Å². The molecular formula is C48H30O. The number of hydrogen-bond donors (Lipinski definition) is 0. The van der Waals surface area contributed by atoms with Gasteiger partial charge in [-0.05, 0) is 95.2 Å². The van der Waals surface area contributed by atoms with E-state index in [0.29, 0.717) is 0 Å². The van der Waals surface area contributed by atoms with E-state index in [1.807, 2.05) is 0 Å². The molecule has 49 heavy (non-hydrogen) atoms. The van der Waals surface area contributed by atoms with Crippen LogP contribution in [0, 0.1) is 0 Å². The van der Waals surface area contributed by atoms with Crippen LogP contribution >= 0.6 is 0 Å². The van der Waals surface area contributed by atoms with Gasteiger partial charge in [0.15, 0.2) is 0 Å². The summed E-state index contributed by atoms with van der Waals surface area (Å²) >= 11 is 0. The van der Waals surface area contributed by atoms with Crippen LogP contribution in [0.4, 0.5) is 0 Å². The van der Waals surface area contributed by atoms with Crippen molar-refractivity contribution in [2.75, 3.05) is 0 Å². The fourth-order valence-electron chi connectivity index (χ4n) is 7.87. The molecule has 0 saturated carbocycles. The average Bonchev–Trinajstić information content (AvgIpc) is 3.17. The van der Waals surface area contributed by atoms with Gasteiger partial charge in [0.1, 0.15) is 11.5 Å². The highest BCUT2D eigenvalue weighted by Crippen LogP contribution is 2.50. The minimum atomic E-state index is 0.896. The summed E-state index contributed by atoms with van der Waals surface area (Å²) in [5.74, 6) is 1.81. The summed E-state index contributed by atoms with van der Waals surface area (Å²) in [5.41, 5.74) is 12.1. The van der Waals surface area contributed by atoms with E-state index in [-0.39, 0.29) is 0 Å². The van der Waals surface area contributed by atoms with Gasteiger partial charge in [-0.3, -0.25) is 0 Å². The van der Waals surface area contributed by atoms with E-state index in [1.165, 1.54) is 82.4 Å². The molecular weight excluding hydrogens is 593 g/mol. The molecule has 0 N–H and O–H groups in total. The molecule has 0 fully saturated rings. The Morgan fingerprint density at radius 1 is 0.286 bits per heavy atom. The van der Waals surface area contributed by atoms with Crippen molar-refractivity contribution >= 4 is 32.3 Å². The van der Waals surface area contributed by atoms with E-state index in [1.54, 1.807) is 0 Å². The molecule has 228 valence electrons. The van der Waals surface area contributed by atoms with Gasteiger partial charge in [-0.2, -0.15) is 0 Å². The van der Waals surface area contributed by atoms with Crippen molar-refractivity contribution in [3.63, 3.8) is 0 Å². The number of ether oxygens (including phenoxy) is 1. The first kappa shape index (κ1) is 27.7. The molecule has 0 radical (unpaired) electrons. The predicted octanol–water partition coefficient (Wildman–Crippen LogP) is 13.6. The minimum absolute atomic E-state index is 0.896. The monoisotopic (exact) mass is 622 g/mol. The number of benzene rings is 9. The highest BCUT2D eigenvalue weighted by Gasteiger charge is 2.23. The molecule has 1 aliphatic heterocycles. The molecule has 1 heteroatoms. The molecule has 0 spiro atoms. The summed E-state index contributed by atoms with van der Waals surface area (Å²) in [6.45, 7) is 0. The Hall–Kier alpha value is -6.44. The maximum atomic E-state index is 6.48. The van der Waals surface area contributed by atoms with Crippen LogP contribution in [-0.2, 0) is 0 Å². The van der Waals surface area contributed by atoms with Gasteiger partial charge in [0.05, 0.1) is 0 Å². The highest BCUT2D eigenvalue weighted by atomic mass is 16.5. The molecule has 1 heterocycles. The van der Waals surface area contributed by atoms with Crippen LogP contribution in [-0.4, -0.2) is 0 Å². The number of fused-ring (bicyclic) bond motifs is 4. The van der Waals surface area contributed by atoms with Gasteiger partial charge in [0.25, 0.3) is 0 Å². The maximum Gasteiger partial charge on any atom is 0.135 e. The fourth-order valence-corrected chi connectivity index (χ4v) is 7.87. The van der Waals surface area contributed by atoms with Crippen molar-refractivity contribution in [2.45, 2.75) is 0 Å². The van der Waals surface area contributed by atoms with E-state index in [2.05, 4.69) is 182 Å². The molecule has 1 nitrogen and oxygen atoms in total. The van der Waals surface area contributed by atoms with Gasteiger partial charge in [0, 0.05) is 10.9 Å². The van der Waals surface area contributed by atoms with Crippen LogP contribution < -0.4 is 4.74 Å². The van der Waals surface area contributed by atoms with Gasteiger partial charge >= 0.3 is 0 Å². The van der Waals surface area contributed by atoms with E-state index in [0.717, 1.165) is 17.1 Å². The minimum Gasteiger partial charge on any atom is -0.456 e. The third-order valence-corrected chi connectivity index (χ3v) is 10.1. The Bertz CT molecular complexity index is 2660. The first-order valence-corrected chi connectivity index (χ1v) is 16.8. The third-order valence-electron chi connectivity index (χ3n) is 10.1. The van der Waals surface area contributed by atoms with Crippen LogP contribution in [0.15, 0.2) is 182 Å². The van der Waals surface area contributed by atoms with Crippen LogP contribution in [0.2, 0.25) is 0 Å². The average molecular weight is 623 g/mol. The molecule has 1 aliphatic rings. The summed E-state index contributed by atoms with van der Waals surface area (Å²) < 4.78 is 6.48. The molecule has 0 aromatic heterocycles. The second-order valence-electron chi connectivity index (χ2n) is 12.8. The summed E-state index contributed by atoms with van der Waals surface area (Å²) in [6.07, 6.45) is 0. The Morgan fingerprint density at radius 2 is 0.816 bits per heavy atom. The van der Waals surface area contributed by atoms with E-state index < -0.39 is 0 Å². The second-order valence-corrected chi connectivity index (χ2v) is 12.8. The van der Waals surface area contributed by atoms with Crippen LogP contribution in [0.3, 0.4) is 0 Å². The van der Waals surface area contributed by atoms with Crippen molar-refractivity contribution in [2.24, 2.45) is 0 Å².